The van der Waals surface area contributed by atoms with Crippen molar-refractivity contribution in [2.75, 3.05) is 6.61 Å². The molecule has 0 atom stereocenters. The van der Waals surface area contributed by atoms with Gasteiger partial charge in [-0.05, 0) is 49.1 Å². The number of rotatable bonds is 6. The maximum absolute atomic E-state index is 12.0. The Morgan fingerprint density at radius 1 is 1.24 bits per heavy atom. The first-order valence-electron chi connectivity index (χ1n) is 8.23. The summed E-state index contributed by atoms with van der Waals surface area (Å²) >= 11 is 0. The first-order valence-corrected chi connectivity index (χ1v) is 8.23. The molecule has 2 aromatic carbocycles. The molecule has 1 amide bonds. The van der Waals surface area contributed by atoms with Crippen LogP contribution < -0.4 is 10.2 Å². The Balaban J connectivity index is 1.99. The van der Waals surface area contributed by atoms with Gasteiger partial charge in [-0.2, -0.15) is 5.10 Å². The largest absolute Gasteiger partial charge is 0.507 e. The molecule has 0 aromatic heterocycles. The van der Waals surface area contributed by atoms with Crippen LogP contribution in [0, 0.1) is 6.92 Å². The van der Waals surface area contributed by atoms with Crippen LogP contribution in [0.2, 0.25) is 0 Å². The van der Waals surface area contributed by atoms with Crippen LogP contribution in [0.3, 0.4) is 0 Å². The molecule has 0 radical (unpaired) electrons. The molecule has 0 saturated carbocycles. The number of aromatic hydroxyl groups is 1. The highest BCUT2D eigenvalue weighted by atomic mass is 16.5. The van der Waals surface area contributed by atoms with E-state index in [2.05, 4.69) is 24.4 Å². The lowest BCUT2D eigenvalue weighted by Crippen LogP contribution is -2.26. The number of benzene rings is 2. The number of para-hydroxylation sites is 1. The standard InChI is InChI=1S/C20H24N2O3/c1-13(2)16-10-9-14(3)11-19(16)25-12-20(24)22-21-15(4)17-7-5-6-8-18(17)23/h5-11,13,23H,12H2,1-4H3,(H,22,24)/b21-15+. The maximum atomic E-state index is 12.0. The number of ether oxygens (including phenoxy) is 1. The summed E-state index contributed by atoms with van der Waals surface area (Å²) < 4.78 is 5.67. The zero-order valence-corrected chi connectivity index (χ0v) is 15.0. The molecule has 25 heavy (non-hydrogen) atoms. The van der Waals surface area contributed by atoms with E-state index in [1.165, 1.54) is 0 Å². The van der Waals surface area contributed by atoms with Crippen molar-refractivity contribution in [3.8, 4) is 11.5 Å². The fourth-order valence-electron chi connectivity index (χ4n) is 2.41. The third-order valence-electron chi connectivity index (χ3n) is 3.79. The molecule has 5 heteroatoms. The van der Waals surface area contributed by atoms with Crippen LogP contribution in [-0.4, -0.2) is 23.3 Å². The predicted molar refractivity (Wildman–Crippen MR) is 99.2 cm³/mol. The number of hydrogen-bond donors (Lipinski definition) is 2. The summed E-state index contributed by atoms with van der Waals surface area (Å²) in [6, 6.07) is 12.8. The topological polar surface area (TPSA) is 70.9 Å². The van der Waals surface area contributed by atoms with Crippen LogP contribution in [0.4, 0.5) is 0 Å². The van der Waals surface area contributed by atoms with Gasteiger partial charge in [0, 0.05) is 5.56 Å². The van der Waals surface area contributed by atoms with Crippen molar-refractivity contribution in [2.45, 2.75) is 33.6 Å². The number of hydrogen-bond acceptors (Lipinski definition) is 4. The second-order valence-corrected chi connectivity index (χ2v) is 6.23. The fraction of sp³-hybridized carbons (Fsp3) is 0.300. The number of phenolic OH excluding ortho intramolecular Hbond substituents is 1. The van der Waals surface area contributed by atoms with Crippen LogP contribution in [0.25, 0.3) is 0 Å². The minimum atomic E-state index is -0.356. The minimum absolute atomic E-state index is 0.121. The van der Waals surface area contributed by atoms with Crippen molar-refractivity contribution in [1.82, 2.24) is 5.43 Å². The van der Waals surface area contributed by atoms with E-state index in [1.807, 2.05) is 25.1 Å². The molecule has 132 valence electrons. The van der Waals surface area contributed by atoms with Crippen molar-refractivity contribution in [3.63, 3.8) is 0 Å². The van der Waals surface area contributed by atoms with Gasteiger partial charge in [-0.15, -0.1) is 0 Å². The Morgan fingerprint density at radius 3 is 2.64 bits per heavy atom. The van der Waals surface area contributed by atoms with Gasteiger partial charge in [-0.3, -0.25) is 4.79 Å². The molecule has 2 rings (SSSR count). The van der Waals surface area contributed by atoms with Gasteiger partial charge in [-0.1, -0.05) is 38.1 Å². The normalized spacial score (nSPS) is 11.5. The molecule has 0 bridgehead atoms. The van der Waals surface area contributed by atoms with Gasteiger partial charge in [0.1, 0.15) is 11.5 Å². The molecule has 0 fully saturated rings. The third-order valence-corrected chi connectivity index (χ3v) is 3.79. The van der Waals surface area contributed by atoms with Crippen LogP contribution >= 0.6 is 0 Å². The summed E-state index contributed by atoms with van der Waals surface area (Å²) in [7, 11) is 0. The monoisotopic (exact) mass is 340 g/mol. The van der Waals surface area contributed by atoms with E-state index in [4.69, 9.17) is 4.74 Å². The zero-order chi connectivity index (χ0) is 18.4. The predicted octanol–water partition coefficient (Wildman–Crippen LogP) is 3.74. The number of aryl methyl sites for hydroxylation is 1. The lowest BCUT2D eigenvalue weighted by molar-refractivity contribution is -0.123. The van der Waals surface area contributed by atoms with E-state index in [-0.39, 0.29) is 18.3 Å². The van der Waals surface area contributed by atoms with Gasteiger partial charge in [0.05, 0.1) is 5.71 Å². The SMILES string of the molecule is C/C(=N\NC(=O)COc1cc(C)ccc1C(C)C)c1ccccc1O. The first kappa shape index (κ1) is 18.5. The van der Waals surface area contributed by atoms with Crippen molar-refractivity contribution in [1.29, 1.82) is 0 Å². The Bertz CT molecular complexity index is 782. The lowest BCUT2D eigenvalue weighted by Gasteiger charge is -2.14. The summed E-state index contributed by atoms with van der Waals surface area (Å²) in [6.45, 7) is 7.74. The highest BCUT2D eigenvalue weighted by Crippen LogP contribution is 2.27. The number of amides is 1. The molecular formula is C20H24N2O3. The van der Waals surface area contributed by atoms with E-state index >= 15 is 0 Å². The molecule has 0 heterocycles. The van der Waals surface area contributed by atoms with Gasteiger partial charge in [0.2, 0.25) is 0 Å². The number of hydrazone groups is 1. The molecule has 0 saturated heterocycles. The number of nitrogens with one attached hydrogen (secondary N) is 1. The van der Waals surface area contributed by atoms with Crippen molar-refractivity contribution < 1.29 is 14.6 Å². The average molecular weight is 340 g/mol. The Hall–Kier alpha value is -2.82. The van der Waals surface area contributed by atoms with Crippen molar-refractivity contribution >= 4 is 11.6 Å². The van der Waals surface area contributed by atoms with Gasteiger partial charge >= 0.3 is 0 Å². The Labute approximate surface area is 148 Å². The molecule has 0 unspecified atom stereocenters. The first-order chi connectivity index (χ1) is 11.9. The molecule has 2 N–H and O–H groups in total. The van der Waals surface area contributed by atoms with Gasteiger partial charge < -0.3 is 9.84 Å². The summed E-state index contributed by atoms with van der Waals surface area (Å²) in [4.78, 5) is 12.0. The quantitative estimate of drug-likeness (QED) is 0.621. The molecule has 0 aliphatic heterocycles. The van der Waals surface area contributed by atoms with Gasteiger partial charge in [-0.25, -0.2) is 5.43 Å². The number of carbonyl (C=O) groups is 1. The van der Waals surface area contributed by atoms with E-state index < -0.39 is 0 Å². The summed E-state index contributed by atoms with van der Waals surface area (Å²) in [6.07, 6.45) is 0. The minimum Gasteiger partial charge on any atom is -0.507 e. The number of nitrogens with zero attached hydrogens (tertiary/aromatic N) is 1. The second kappa shape index (κ2) is 8.33. The molecule has 2 aromatic rings. The second-order valence-electron chi connectivity index (χ2n) is 6.23. The van der Waals surface area contributed by atoms with Crippen molar-refractivity contribution in [2.24, 2.45) is 5.10 Å². The van der Waals surface area contributed by atoms with E-state index in [9.17, 15) is 9.90 Å². The van der Waals surface area contributed by atoms with E-state index in [0.717, 1.165) is 11.1 Å². The highest BCUT2D eigenvalue weighted by Gasteiger charge is 2.10. The molecule has 5 nitrogen and oxygen atoms in total. The molecule has 0 spiro atoms. The molecule has 0 aliphatic carbocycles. The third kappa shape index (κ3) is 5.08. The maximum Gasteiger partial charge on any atom is 0.277 e. The van der Waals surface area contributed by atoms with Gasteiger partial charge in [0.25, 0.3) is 5.91 Å². The van der Waals surface area contributed by atoms with Crippen LogP contribution in [0.15, 0.2) is 47.6 Å². The molecule has 0 aliphatic rings. The average Bonchev–Trinajstić information content (AvgIpc) is 2.58. The lowest BCUT2D eigenvalue weighted by atomic mass is 10.0. The van der Waals surface area contributed by atoms with Crippen LogP contribution in [-0.2, 0) is 4.79 Å². The summed E-state index contributed by atoms with van der Waals surface area (Å²) in [5.74, 6) is 0.785. The van der Waals surface area contributed by atoms with Gasteiger partial charge in [0.15, 0.2) is 6.61 Å². The number of carbonyl (C=O) groups excluding carboxylic acids is 1. The Morgan fingerprint density at radius 2 is 1.96 bits per heavy atom. The van der Waals surface area contributed by atoms with E-state index in [1.54, 1.807) is 31.2 Å². The Kier molecular flexibility index (Phi) is 6.17. The number of phenols is 1. The fourth-order valence-corrected chi connectivity index (χ4v) is 2.41. The molecular weight excluding hydrogens is 316 g/mol. The van der Waals surface area contributed by atoms with E-state index in [0.29, 0.717) is 22.9 Å². The van der Waals surface area contributed by atoms with Crippen LogP contribution in [0.5, 0.6) is 11.5 Å². The summed E-state index contributed by atoms with van der Waals surface area (Å²) in [5, 5.41) is 13.8. The van der Waals surface area contributed by atoms with Crippen LogP contribution in [0.1, 0.15) is 43.4 Å². The summed E-state index contributed by atoms with van der Waals surface area (Å²) in [5.41, 5.74) is 5.69. The highest BCUT2D eigenvalue weighted by molar-refractivity contribution is 6.01. The van der Waals surface area contributed by atoms with Crippen molar-refractivity contribution in [3.05, 3.63) is 59.2 Å². The zero-order valence-electron chi connectivity index (χ0n) is 15.0. The smallest absolute Gasteiger partial charge is 0.277 e.